The molecule has 1 N–H and O–H groups in total. The molecule has 19 heavy (non-hydrogen) atoms. The van der Waals surface area contributed by atoms with Gasteiger partial charge in [0.25, 0.3) is 0 Å². The van der Waals surface area contributed by atoms with Crippen molar-refractivity contribution >= 4 is 17.6 Å². The van der Waals surface area contributed by atoms with Crippen molar-refractivity contribution in [3.8, 4) is 0 Å². The molecule has 1 aromatic carbocycles. The summed E-state index contributed by atoms with van der Waals surface area (Å²) in [7, 11) is 0. The average Bonchev–Trinajstić information content (AvgIpc) is 2.71. The molecule has 1 aliphatic heterocycles. The third-order valence-electron chi connectivity index (χ3n) is 3.65. The van der Waals surface area contributed by atoms with Crippen molar-refractivity contribution in [3.63, 3.8) is 0 Å². The Kier molecular flexibility index (Phi) is 3.35. The number of aliphatic carboxylic acids is 1. The Labute approximate surface area is 113 Å². The van der Waals surface area contributed by atoms with Crippen LogP contribution in [0.5, 0.6) is 0 Å². The molecule has 1 aliphatic rings. The van der Waals surface area contributed by atoms with E-state index in [4.69, 9.17) is 0 Å². The van der Waals surface area contributed by atoms with Crippen molar-refractivity contribution in [2.75, 3.05) is 11.4 Å². The highest BCUT2D eigenvalue weighted by molar-refractivity contribution is 5.93. The van der Waals surface area contributed by atoms with Gasteiger partial charge in [0.2, 0.25) is 5.91 Å². The van der Waals surface area contributed by atoms with E-state index < -0.39 is 11.4 Å². The third kappa shape index (κ3) is 2.62. The minimum absolute atomic E-state index is 0.0356. The molecular formula is C15H19NO3. The molecule has 0 aromatic heterocycles. The van der Waals surface area contributed by atoms with Crippen LogP contribution in [-0.4, -0.2) is 23.5 Å². The number of carbonyl (C=O) groups excluding carboxylic acids is 1. The van der Waals surface area contributed by atoms with Gasteiger partial charge in [-0.05, 0) is 43.9 Å². The molecule has 0 spiro atoms. The average molecular weight is 261 g/mol. The molecule has 0 bridgehead atoms. The van der Waals surface area contributed by atoms with Crippen LogP contribution in [0.25, 0.3) is 0 Å². The second kappa shape index (κ2) is 4.68. The van der Waals surface area contributed by atoms with Gasteiger partial charge in [-0.1, -0.05) is 12.1 Å². The van der Waals surface area contributed by atoms with Crippen LogP contribution in [0.3, 0.4) is 0 Å². The molecule has 4 heteroatoms. The second-order valence-corrected chi connectivity index (χ2v) is 5.75. The fourth-order valence-electron chi connectivity index (χ4n) is 2.45. The van der Waals surface area contributed by atoms with E-state index in [0.717, 1.165) is 29.8 Å². The fourth-order valence-corrected chi connectivity index (χ4v) is 2.45. The van der Waals surface area contributed by atoms with Gasteiger partial charge in [0, 0.05) is 19.2 Å². The zero-order chi connectivity index (χ0) is 14.2. The maximum absolute atomic E-state index is 11.5. The van der Waals surface area contributed by atoms with Crippen molar-refractivity contribution in [2.45, 2.75) is 33.6 Å². The van der Waals surface area contributed by atoms with Gasteiger partial charge in [-0.25, -0.2) is 0 Å². The van der Waals surface area contributed by atoms with E-state index in [1.165, 1.54) is 0 Å². The van der Waals surface area contributed by atoms with Gasteiger partial charge in [-0.15, -0.1) is 0 Å². The molecule has 0 saturated heterocycles. The van der Waals surface area contributed by atoms with Crippen LogP contribution in [0, 0.1) is 5.41 Å². The summed E-state index contributed by atoms with van der Waals surface area (Å²) in [5, 5.41) is 9.17. The number of carboxylic acid groups (broad SMARTS) is 1. The topological polar surface area (TPSA) is 57.6 Å². The van der Waals surface area contributed by atoms with Crippen molar-refractivity contribution < 1.29 is 14.7 Å². The molecule has 1 amide bonds. The summed E-state index contributed by atoms with van der Waals surface area (Å²) in [5.74, 6) is -0.773. The van der Waals surface area contributed by atoms with E-state index >= 15 is 0 Å². The minimum Gasteiger partial charge on any atom is -0.481 e. The lowest BCUT2D eigenvalue weighted by atomic mass is 9.85. The Hall–Kier alpha value is -1.84. The van der Waals surface area contributed by atoms with Crippen molar-refractivity contribution in [1.29, 1.82) is 0 Å². The smallest absolute Gasteiger partial charge is 0.309 e. The number of hydrogen-bond acceptors (Lipinski definition) is 2. The summed E-state index contributed by atoms with van der Waals surface area (Å²) in [5.41, 5.74) is 2.26. The first-order valence-electron chi connectivity index (χ1n) is 6.44. The molecular weight excluding hydrogens is 242 g/mol. The van der Waals surface area contributed by atoms with E-state index in [0.29, 0.717) is 6.42 Å². The summed E-state index contributed by atoms with van der Waals surface area (Å²) >= 11 is 0. The summed E-state index contributed by atoms with van der Waals surface area (Å²) in [6, 6.07) is 5.92. The lowest BCUT2D eigenvalue weighted by Gasteiger charge is -2.20. The van der Waals surface area contributed by atoms with E-state index in [9.17, 15) is 14.7 Å². The Morgan fingerprint density at radius 1 is 1.37 bits per heavy atom. The van der Waals surface area contributed by atoms with Crippen LogP contribution < -0.4 is 4.90 Å². The van der Waals surface area contributed by atoms with Crippen LogP contribution in [0.1, 0.15) is 31.9 Å². The number of hydrogen-bond donors (Lipinski definition) is 1. The number of amides is 1. The molecule has 4 nitrogen and oxygen atoms in total. The number of carboxylic acids is 1. The molecule has 102 valence electrons. The fraction of sp³-hybridized carbons (Fsp3) is 0.467. The van der Waals surface area contributed by atoms with Gasteiger partial charge in [-0.3, -0.25) is 9.59 Å². The molecule has 0 aliphatic carbocycles. The van der Waals surface area contributed by atoms with E-state index in [-0.39, 0.29) is 5.91 Å². The predicted molar refractivity (Wildman–Crippen MR) is 73.3 cm³/mol. The van der Waals surface area contributed by atoms with E-state index in [1.807, 2.05) is 18.2 Å². The molecule has 1 aromatic rings. The Balaban J connectivity index is 2.29. The molecule has 0 unspecified atom stereocenters. The number of rotatable bonds is 3. The maximum atomic E-state index is 11.5. The number of nitrogens with zero attached hydrogens (tertiary/aromatic N) is 1. The standard InChI is InChI=1S/C15H19NO3/c1-10(17)16-7-6-12-5-4-11(8-13(12)16)9-15(2,3)14(18)19/h4-5,8H,6-7,9H2,1-3H3,(H,18,19). The number of carbonyl (C=O) groups is 2. The SMILES string of the molecule is CC(=O)N1CCc2ccc(CC(C)(C)C(=O)O)cc21. The highest BCUT2D eigenvalue weighted by Crippen LogP contribution is 2.31. The molecule has 0 radical (unpaired) electrons. The number of benzene rings is 1. The summed E-state index contributed by atoms with van der Waals surface area (Å²) < 4.78 is 0. The lowest BCUT2D eigenvalue weighted by molar-refractivity contribution is -0.146. The summed E-state index contributed by atoms with van der Waals surface area (Å²) in [6.07, 6.45) is 1.33. The minimum atomic E-state index is -0.809. The van der Waals surface area contributed by atoms with Crippen molar-refractivity contribution in [1.82, 2.24) is 0 Å². The molecule has 1 heterocycles. The highest BCUT2D eigenvalue weighted by atomic mass is 16.4. The highest BCUT2D eigenvalue weighted by Gasteiger charge is 2.29. The van der Waals surface area contributed by atoms with Gasteiger partial charge in [-0.2, -0.15) is 0 Å². The quantitative estimate of drug-likeness (QED) is 0.908. The van der Waals surface area contributed by atoms with E-state index in [1.54, 1.807) is 25.7 Å². The van der Waals surface area contributed by atoms with Gasteiger partial charge in [0.15, 0.2) is 0 Å². The van der Waals surface area contributed by atoms with Gasteiger partial charge < -0.3 is 10.0 Å². The van der Waals surface area contributed by atoms with Gasteiger partial charge >= 0.3 is 5.97 Å². The first-order valence-corrected chi connectivity index (χ1v) is 6.44. The molecule has 0 saturated carbocycles. The number of fused-ring (bicyclic) bond motifs is 1. The Morgan fingerprint density at radius 3 is 2.63 bits per heavy atom. The molecule has 2 rings (SSSR count). The zero-order valence-electron chi connectivity index (χ0n) is 11.6. The second-order valence-electron chi connectivity index (χ2n) is 5.75. The molecule has 0 atom stereocenters. The normalized spacial score (nSPS) is 14.4. The van der Waals surface area contributed by atoms with E-state index in [2.05, 4.69) is 0 Å². The van der Waals surface area contributed by atoms with Gasteiger partial charge in [0.1, 0.15) is 0 Å². The van der Waals surface area contributed by atoms with Crippen LogP contribution in [0.4, 0.5) is 5.69 Å². The van der Waals surface area contributed by atoms with Crippen LogP contribution >= 0.6 is 0 Å². The van der Waals surface area contributed by atoms with Crippen LogP contribution in [0.15, 0.2) is 18.2 Å². The molecule has 0 fully saturated rings. The third-order valence-corrected chi connectivity index (χ3v) is 3.65. The maximum Gasteiger partial charge on any atom is 0.309 e. The van der Waals surface area contributed by atoms with Crippen LogP contribution in [0.2, 0.25) is 0 Å². The largest absolute Gasteiger partial charge is 0.481 e. The number of anilines is 1. The Bertz CT molecular complexity index is 534. The van der Waals surface area contributed by atoms with Crippen molar-refractivity contribution in [3.05, 3.63) is 29.3 Å². The predicted octanol–water partition coefficient (Wildman–Crippen LogP) is 2.25. The first-order chi connectivity index (χ1) is 8.81. The summed E-state index contributed by atoms with van der Waals surface area (Å²) in [6.45, 7) is 5.70. The van der Waals surface area contributed by atoms with Crippen molar-refractivity contribution in [2.24, 2.45) is 5.41 Å². The monoisotopic (exact) mass is 261 g/mol. The van der Waals surface area contributed by atoms with Gasteiger partial charge in [0.05, 0.1) is 5.41 Å². The first kappa shape index (κ1) is 13.6. The zero-order valence-corrected chi connectivity index (χ0v) is 11.6. The lowest BCUT2D eigenvalue weighted by Crippen LogP contribution is -2.27. The Morgan fingerprint density at radius 2 is 2.05 bits per heavy atom. The van der Waals surface area contributed by atoms with Crippen LogP contribution in [-0.2, 0) is 22.4 Å². The summed E-state index contributed by atoms with van der Waals surface area (Å²) in [4.78, 5) is 24.5.